The van der Waals surface area contributed by atoms with Crippen molar-refractivity contribution in [3.63, 3.8) is 0 Å². The lowest BCUT2D eigenvalue weighted by Crippen LogP contribution is -2.62. The lowest BCUT2D eigenvalue weighted by molar-refractivity contribution is -0.163. The number of carbonyl (C=O) groups excluding carboxylic acids is 4. The third-order valence-electron chi connectivity index (χ3n) is 9.53. The van der Waals surface area contributed by atoms with Gasteiger partial charge in [-0.25, -0.2) is 11.0 Å². The van der Waals surface area contributed by atoms with E-state index in [0.29, 0.717) is 12.1 Å². The number of nitrogens with one attached hydrogen (secondary N) is 2. The molecule has 2 saturated carbocycles. The van der Waals surface area contributed by atoms with Gasteiger partial charge in [-0.15, -0.1) is 0 Å². The van der Waals surface area contributed by atoms with Crippen LogP contribution in [0.2, 0.25) is 0 Å². The Morgan fingerprint density at radius 3 is 2.50 bits per heavy atom. The molecule has 1 saturated heterocycles. The number of anilines is 1. The van der Waals surface area contributed by atoms with Gasteiger partial charge in [0.2, 0.25) is 11.8 Å². The summed E-state index contributed by atoms with van der Waals surface area (Å²) in [5, 5.41) is 5.44. The molecule has 4 aliphatic rings. The molecule has 214 valence electrons. The molecule has 3 fully saturated rings. The zero-order valence-corrected chi connectivity index (χ0v) is 23.6. The molecule has 2 spiro atoms. The first-order valence-electron chi connectivity index (χ1n) is 14.2. The van der Waals surface area contributed by atoms with Crippen molar-refractivity contribution in [1.82, 2.24) is 15.1 Å². The van der Waals surface area contributed by atoms with E-state index < -0.39 is 47.1 Å². The van der Waals surface area contributed by atoms with Crippen molar-refractivity contribution in [3.8, 4) is 0 Å². The van der Waals surface area contributed by atoms with Gasteiger partial charge in [-0.05, 0) is 62.0 Å². The topological polar surface area (TPSA) is 103 Å². The summed E-state index contributed by atoms with van der Waals surface area (Å²) in [5.74, 6) is -1.89. The van der Waals surface area contributed by atoms with Gasteiger partial charge >= 0.3 is 6.17 Å². The number of rotatable bonds is 7. The molecule has 1 aromatic carbocycles. The molecule has 10 heteroatoms. The Balaban J connectivity index is 1.31. The van der Waals surface area contributed by atoms with Crippen LogP contribution < -0.4 is 10.6 Å². The molecule has 1 aromatic rings. The van der Waals surface area contributed by atoms with Gasteiger partial charge in [0.1, 0.15) is 17.5 Å². The number of likely N-dealkylation sites (N-methyl/N-ethyl adjacent to an activating group) is 1. The maximum absolute atomic E-state index is 15.2. The quantitative estimate of drug-likeness (QED) is 0.507. The van der Waals surface area contributed by atoms with Gasteiger partial charge in [0.15, 0.2) is 5.67 Å². The molecule has 2 aliphatic carbocycles. The number of alkyl halides is 1. The fourth-order valence-corrected chi connectivity index (χ4v) is 7.19. The van der Waals surface area contributed by atoms with Crippen molar-refractivity contribution in [2.75, 3.05) is 18.9 Å². The number of fused-ring (bicyclic) bond motifs is 2. The zero-order valence-electron chi connectivity index (χ0n) is 23.6. The zero-order chi connectivity index (χ0) is 29.0. The Kier molecular flexibility index (Phi) is 6.92. The fourth-order valence-electron chi connectivity index (χ4n) is 7.19. The highest BCUT2D eigenvalue weighted by Gasteiger charge is 2.62. The molecule has 9 nitrogen and oxygen atoms in total. The predicted molar refractivity (Wildman–Crippen MR) is 146 cm³/mol. The van der Waals surface area contributed by atoms with Crippen LogP contribution in [0, 0.1) is 17.9 Å². The van der Waals surface area contributed by atoms with Crippen molar-refractivity contribution < 1.29 is 23.6 Å². The molecular weight excluding hydrogens is 513 g/mol. The van der Waals surface area contributed by atoms with Crippen LogP contribution in [0.25, 0.3) is 4.85 Å². The SMILES string of the molecule is [C-]#[N+][C@@H]1C[C@@]2(CN1C(=O)[C@H](CC(C)C)N(C)C(=O)[C@H](C)NC(=O)C1(F)CC3(CCC3)C1)C(=O)Nc1ccccc12. The molecule has 0 radical (unpaired) electrons. The van der Waals surface area contributed by atoms with Gasteiger partial charge in [0.05, 0.1) is 6.42 Å². The second kappa shape index (κ2) is 9.86. The van der Waals surface area contributed by atoms with Gasteiger partial charge in [0, 0.05) is 19.3 Å². The average Bonchev–Trinajstić information content (AvgIpc) is 3.40. The molecule has 2 N–H and O–H groups in total. The van der Waals surface area contributed by atoms with E-state index >= 15 is 4.39 Å². The Bertz CT molecular complexity index is 1280. The van der Waals surface area contributed by atoms with Gasteiger partial charge < -0.3 is 15.5 Å². The second-order valence-electron chi connectivity index (χ2n) is 12.8. The first-order chi connectivity index (χ1) is 18.8. The summed E-state index contributed by atoms with van der Waals surface area (Å²) < 4.78 is 15.2. The molecule has 0 aromatic heterocycles. The van der Waals surface area contributed by atoms with E-state index in [-0.39, 0.29) is 43.0 Å². The highest BCUT2D eigenvalue weighted by atomic mass is 19.1. The average molecular weight is 552 g/mol. The third kappa shape index (κ3) is 4.43. The minimum atomic E-state index is -1.95. The number of benzene rings is 1. The van der Waals surface area contributed by atoms with Gasteiger partial charge in [0.25, 0.3) is 11.8 Å². The highest BCUT2D eigenvalue weighted by Crippen LogP contribution is 2.62. The molecule has 4 amide bonds. The van der Waals surface area contributed by atoms with E-state index in [1.807, 2.05) is 32.0 Å². The van der Waals surface area contributed by atoms with Crippen LogP contribution in [0.5, 0.6) is 0 Å². The van der Waals surface area contributed by atoms with Gasteiger partial charge in [-0.2, -0.15) is 0 Å². The number of nitrogens with zero attached hydrogens (tertiary/aromatic N) is 3. The van der Waals surface area contributed by atoms with Crippen molar-refractivity contribution in [2.24, 2.45) is 11.3 Å². The second-order valence-corrected chi connectivity index (χ2v) is 12.8. The minimum Gasteiger partial charge on any atom is -0.342 e. The number of carbonyl (C=O) groups is 4. The molecule has 0 bridgehead atoms. The molecule has 2 aliphatic heterocycles. The first kappa shape index (κ1) is 28.1. The predicted octanol–water partition coefficient (Wildman–Crippen LogP) is 3.40. The highest BCUT2D eigenvalue weighted by molar-refractivity contribution is 6.07. The summed E-state index contributed by atoms with van der Waals surface area (Å²) >= 11 is 0. The van der Waals surface area contributed by atoms with Gasteiger partial charge in [-0.3, -0.25) is 28.9 Å². The van der Waals surface area contributed by atoms with Crippen LogP contribution >= 0.6 is 0 Å². The number of amides is 4. The van der Waals surface area contributed by atoms with Crippen LogP contribution in [0.15, 0.2) is 24.3 Å². The number of halogens is 1. The largest absolute Gasteiger partial charge is 0.342 e. The van der Waals surface area contributed by atoms with E-state index in [2.05, 4.69) is 15.5 Å². The van der Waals surface area contributed by atoms with E-state index in [9.17, 15) is 19.2 Å². The summed E-state index contributed by atoms with van der Waals surface area (Å²) in [5.41, 5.74) is -1.57. The fraction of sp³-hybridized carbons (Fsp3) is 0.633. The Morgan fingerprint density at radius 1 is 1.23 bits per heavy atom. The standard InChI is InChI=1S/C30H38FN5O4/c1-18(2)13-22(35(5)24(37)19(3)33-27(40)30(31)15-28(16-30)11-8-12-28)25(38)36-17-29(14-23(36)32-4)20-9-6-7-10-21(20)34-26(29)39/h6-7,9-10,18-19,22-23H,8,11-17H2,1-3,5H3,(H,33,40)(H,34,39)/t19-,22-,23-,29-/m0/s1. The molecule has 5 rings (SSSR count). The molecule has 0 unspecified atom stereocenters. The van der Waals surface area contributed by atoms with Crippen LogP contribution in [0.1, 0.15) is 71.3 Å². The lowest BCUT2D eigenvalue weighted by Gasteiger charge is -2.56. The maximum atomic E-state index is 15.2. The van der Waals surface area contributed by atoms with E-state index in [4.69, 9.17) is 6.57 Å². The van der Waals surface area contributed by atoms with Crippen molar-refractivity contribution in [2.45, 2.75) is 95.1 Å². The molecule has 2 heterocycles. The minimum absolute atomic E-state index is 0.0373. The Hall–Kier alpha value is -3.48. The number of likely N-dealkylation sites (tertiary alicyclic amines) is 1. The Labute approximate surface area is 234 Å². The number of hydrogen-bond acceptors (Lipinski definition) is 4. The van der Waals surface area contributed by atoms with Crippen LogP contribution in [-0.2, 0) is 24.6 Å². The lowest BCUT2D eigenvalue weighted by atomic mass is 9.50. The maximum Gasteiger partial charge on any atom is 0.302 e. The molecule has 4 atom stereocenters. The number of para-hydroxylation sites is 1. The van der Waals surface area contributed by atoms with Crippen molar-refractivity contribution in [3.05, 3.63) is 41.2 Å². The van der Waals surface area contributed by atoms with Gasteiger partial charge in [-0.1, -0.05) is 38.5 Å². The summed E-state index contributed by atoms with van der Waals surface area (Å²) in [6.07, 6.45) is 2.98. The van der Waals surface area contributed by atoms with E-state index in [0.717, 1.165) is 24.8 Å². The van der Waals surface area contributed by atoms with Crippen molar-refractivity contribution >= 4 is 29.3 Å². The number of hydrogen-bond donors (Lipinski definition) is 2. The van der Waals surface area contributed by atoms with Crippen LogP contribution in [-0.4, -0.2) is 70.9 Å². The summed E-state index contributed by atoms with van der Waals surface area (Å²) in [4.78, 5) is 59.8. The normalized spacial score (nSPS) is 26.8. The van der Waals surface area contributed by atoms with Crippen LogP contribution in [0.4, 0.5) is 10.1 Å². The third-order valence-corrected chi connectivity index (χ3v) is 9.53. The van der Waals surface area contributed by atoms with Crippen LogP contribution in [0.3, 0.4) is 0 Å². The van der Waals surface area contributed by atoms with Crippen molar-refractivity contribution in [1.29, 1.82) is 0 Å². The van der Waals surface area contributed by atoms with E-state index in [1.165, 1.54) is 23.8 Å². The van der Waals surface area contributed by atoms with E-state index in [1.54, 1.807) is 6.07 Å². The molecule has 40 heavy (non-hydrogen) atoms. The molecular formula is C30H38FN5O4. The summed E-state index contributed by atoms with van der Waals surface area (Å²) in [7, 11) is 1.50. The summed E-state index contributed by atoms with van der Waals surface area (Å²) in [6, 6.07) is 5.37. The first-order valence-corrected chi connectivity index (χ1v) is 14.2. The Morgan fingerprint density at radius 2 is 1.90 bits per heavy atom. The summed E-state index contributed by atoms with van der Waals surface area (Å²) in [6.45, 7) is 13.2. The smallest absolute Gasteiger partial charge is 0.302 e. The monoisotopic (exact) mass is 551 g/mol.